The van der Waals surface area contributed by atoms with Crippen molar-refractivity contribution in [3.63, 3.8) is 0 Å². The van der Waals surface area contributed by atoms with E-state index < -0.39 is 10.7 Å². The van der Waals surface area contributed by atoms with Crippen LogP contribution in [-0.4, -0.2) is 49.6 Å². The van der Waals surface area contributed by atoms with Crippen LogP contribution in [0.1, 0.15) is 42.2 Å². The minimum atomic E-state index is -2.45. The third-order valence-corrected chi connectivity index (χ3v) is 5.64. The van der Waals surface area contributed by atoms with E-state index in [0.717, 1.165) is 0 Å². The van der Waals surface area contributed by atoms with Gasteiger partial charge in [0.15, 0.2) is 11.6 Å². The Morgan fingerprint density at radius 2 is 1.50 bits per heavy atom. The van der Waals surface area contributed by atoms with E-state index in [-0.39, 0.29) is 34.7 Å². The van der Waals surface area contributed by atoms with Crippen molar-refractivity contribution < 1.29 is 22.8 Å². The molecule has 2 aromatic rings. The number of ketones is 2. The highest BCUT2D eigenvalue weighted by molar-refractivity contribution is 7.72. The van der Waals surface area contributed by atoms with Crippen LogP contribution in [0.3, 0.4) is 0 Å². The molecule has 1 aliphatic heterocycles. The summed E-state index contributed by atoms with van der Waals surface area (Å²) in [5.41, 5.74) is 1.59. The fourth-order valence-corrected chi connectivity index (χ4v) is 4.13. The van der Waals surface area contributed by atoms with Gasteiger partial charge in [-0.05, 0) is 18.2 Å². The van der Waals surface area contributed by atoms with Crippen molar-refractivity contribution in [3.05, 3.63) is 70.3 Å². The molecule has 1 amide bonds. The number of likely N-dealkylation sites (tertiary alicyclic amines) is 1. The topological polar surface area (TPSA) is 88.6 Å². The summed E-state index contributed by atoms with van der Waals surface area (Å²) in [7, 11) is -2.45. The lowest BCUT2D eigenvalue weighted by molar-refractivity contribution is 0.0535. The van der Waals surface area contributed by atoms with Gasteiger partial charge < -0.3 is 4.90 Å². The number of hydrogen-bond acceptors (Lipinski definition) is 5. The zero-order valence-corrected chi connectivity index (χ0v) is 14.6. The molecule has 6 nitrogen and oxygen atoms in total. The molecule has 1 saturated heterocycles. The van der Waals surface area contributed by atoms with Crippen LogP contribution in [0.4, 0.5) is 0 Å². The van der Waals surface area contributed by atoms with Gasteiger partial charge in [-0.1, -0.05) is 24.3 Å². The molecular weight excluding hydrogens is 354 g/mol. The van der Waals surface area contributed by atoms with Gasteiger partial charge in [-0.15, -0.1) is 0 Å². The van der Waals surface area contributed by atoms with Crippen molar-refractivity contribution in [1.29, 1.82) is 0 Å². The van der Waals surface area contributed by atoms with Crippen LogP contribution >= 0.6 is 0 Å². The van der Waals surface area contributed by atoms with Crippen LogP contribution < -0.4 is 0 Å². The molecule has 1 fully saturated rings. The van der Waals surface area contributed by atoms with Gasteiger partial charge in [0.2, 0.25) is 0 Å². The molecule has 0 spiro atoms. The second-order valence-corrected chi connectivity index (χ2v) is 7.59. The zero-order valence-electron chi connectivity index (χ0n) is 13.7. The summed E-state index contributed by atoms with van der Waals surface area (Å²) >= 11 is 0. The number of hydrogen-bond donors (Lipinski definition) is 1. The van der Waals surface area contributed by atoms with Gasteiger partial charge in [0.1, 0.15) is 10.7 Å². The predicted molar refractivity (Wildman–Crippen MR) is 94.3 cm³/mol. The summed E-state index contributed by atoms with van der Waals surface area (Å²) in [5, 5.41) is 0. The van der Waals surface area contributed by atoms with Gasteiger partial charge in [-0.3, -0.25) is 14.4 Å². The standard InChI is InChI=1S/C19H15NO5S/c21-17-13-3-1-2-4-14(13)18(22)16-7-12(5-6-15(16)17)19(23)20-8-11(9-20)10-26(24)25/h1-7,11,26H,8-10H2. The van der Waals surface area contributed by atoms with Crippen molar-refractivity contribution in [1.82, 2.24) is 4.90 Å². The molecule has 2 aliphatic rings. The maximum atomic E-state index is 12.7. The monoisotopic (exact) mass is 369 g/mol. The number of fused-ring (bicyclic) bond motifs is 2. The van der Waals surface area contributed by atoms with Gasteiger partial charge in [0.05, 0.1) is 5.75 Å². The van der Waals surface area contributed by atoms with Crippen LogP contribution in [-0.2, 0) is 10.7 Å². The molecule has 132 valence electrons. The zero-order chi connectivity index (χ0) is 18.4. The summed E-state index contributed by atoms with van der Waals surface area (Å²) in [6.45, 7) is 0.768. The number of thiol groups is 1. The highest BCUT2D eigenvalue weighted by Crippen LogP contribution is 2.29. The van der Waals surface area contributed by atoms with Gasteiger partial charge in [-0.25, -0.2) is 8.42 Å². The van der Waals surface area contributed by atoms with E-state index in [1.54, 1.807) is 35.2 Å². The highest BCUT2D eigenvalue weighted by atomic mass is 32.2. The van der Waals surface area contributed by atoms with E-state index in [0.29, 0.717) is 35.3 Å². The lowest BCUT2D eigenvalue weighted by Gasteiger charge is -2.38. The molecule has 1 aliphatic carbocycles. The molecule has 2 aromatic carbocycles. The minimum Gasteiger partial charge on any atom is -0.338 e. The summed E-state index contributed by atoms with van der Waals surface area (Å²) in [6.07, 6.45) is 0. The highest BCUT2D eigenvalue weighted by Gasteiger charge is 2.34. The van der Waals surface area contributed by atoms with Crippen molar-refractivity contribution in [2.75, 3.05) is 18.8 Å². The van der Waals surface area contributed by atoms with E-state index in [9.17, 15) is 22.8 Å². The Morgan fingerprint density at radius 1 is 0.923 bits per heavy atom. The number of carbonyl (C=O) groups is 3. The fourth-order valence-electron chi connectivity index (χ4n) is 3.48. The molecular formula is C19H15NO5S. The molecule has 0 bridgehead atoms. The first-order valence-corrected chi connectivity index (χ1v) is 9.55. The molecule has 0 atom stereocenters. The first-order valence-electron chi connectivity index (χ1n) is 8.19. The summed E-state index contributed by atoms with van der Waals surface area (Å²) in [6, 6.07) is 11.2. The van der Waals surface area contributed by atoms with E-state index in [1.807, 2.05) is 0 Å². The van der Waals surface area contributed by atoms with Gasteiger partial charge >= 0.3 is 0 Å². The summed E-state index contributed by atoms with van der Waals surface area (Å²) in [4.78, 5) is 39.4. The lowest BCUT2D eigenvalue weighted by Crippen LogP contribution is -2.51. The molecule has 0 radical (unpaired) electrons. The third kappa shape index (κ3) is 2.64. The fraction of sp³-hybridized carbons (Fsp3) is 0.211. The quantitative estimate of drug-likeness (QED) is 0.700. The van der Waals surface area contributed by atoms with E-state index >= 15 is 0 Å². The maximum Gasteiger partial charge on any atom is 0.253 e. The largest absolute Gasteiger partial charge is 0.338 e. The van der Waals surface area contributed by atoms with Gasteiger partial charge in [-0.2, -0.15) is 0 Å². The number of amides is 1. The molecule has 26 heavy (non-hydrogen) atoms. The summed E-state index contributed by atoms with van der Waals surface area (Å²) in [5.74, 6) is -0.711. The Balaban J connectivity index is 1.61. The van der Waals surface area contributed by atoms with E-state index in [1.165, 1.54) is 12.1 Å². The van der Waals surface area contributed by atoms with Gasteiger partial charge in [0, 0.05) is 46.8 Å². The van der Waals surface area contributed by atoms with E-state index in [4.69, 9.17) is 0 Å². The maximum absolute atomic E-state index is 12.7. The molecule has 1 heterocycles. The minimum absolute atomic E-state index is 0.0345. The van der Waals surface area contributed by atoms with Gasteiger partial charge in [0.25, 0.3) is 5.91 Å². The summed E-state index contributed by atoms with van der Waals surface area (Å²) < 4.78 is 21.5. The Bertz CT molecular complexity index is 1030. The second kappa shape index (κ2) is 6.17. The van der Waals surface area contributed by atoms with Crippen LogP contribution in [0.5, 0.6) is 0 Å². The smallest absolute Gasteiger partial charge is 0.253 e. The molecule has 0 aromatic heterocycles. The molecule has 7 heteroatoms. The lowest BCUT2D eigenvalue weighted by atomic mass is 9.83. The molecule has 0 saturated carbocycles. The second-order valence-electron chi connectivity index (χ2n) is 6.56. The number of nitrogens with zero attached hydrogens (tertiary/aromatic N) is 1. The van der Waals surface area contributed by atoms with Crippen molar-refractivity contribution in [2.24, 2.45) is 5.92 Å². The predicted octanol–water partition coefficient (Wildman–Crippen LogP) is 1.15. The normalized spacial score (nSPS) is 16.3. The average molecular weight is 369 g/mol. The molecule has 0 unspecified atom stereocenters. The Morgan fingerprint density at radius 3 is 2.12 bits per heavy atom. The van der Waals surface area contributed by atoms with Crippen LogP contribution in [0, 0.1) is 5.92 Å². The molecule has 0 N–H and O–H groups in total. The first kappa shape index (κ1) is 16.7. The van der Waals surface area contributed by atoms with Crippen LogP contribution in [0.2, 0.25) is 0 Å². The first-order chi connectivity index (χ1) is 12.5. The Labute approximate surface area is 151 Å². The van der Waals surface area contributed by atoms with Crippen LogP contribution in [0.25, 0.3) is 0 Å². The van der Waals surface area contributed by atoms with Crippen LogP contribution in [0.15, 0.2) is 42.5 Å². The Kier molecular flexibility index (Phi) is 3.96. The SMILES string of the molecule is O=C1c2ccccc2C(=O)c2cc(C(=O)N3CC(C[SH](=O)=O)C3)ccc21. The molecule has 4 rings (SSSR count). The third-order valence-electron chi connectivity index (χ3n) is 4.82. The van der Waals surface area contributed by atoms with E-state index in [2.05, 4.69) is 0 Å². The number of benzene rings is 2. The van der Waals surface area contributed by atoms with Crippen molar-refractivity contribution in [3.8, 4) is 0 Å². The van der Waals surface area contributed by atoms with Crippen molar-refractivity contribution >= 4 is 28.2 Å². The van der Waals surface area contributed by atoms with Crippen molar-refractivity contribution in [2.45, 2.75) is 0 Å². The number of carbonyl (C=O) groups excluding carboxylic acids is 3. The average Bonchev–Trinajstić information content (AvgIpc) is 2.61. The Hall–Kier alpha value is -2.80. The number of rotatable bonds is 3.